The number of anilines is 3. The molecule has 0 amide bonds. The number of fused-ring (bicyclic) bond motifs is 4. The summed E-state index contributed by atoms with van der Waals surface area (Å²) in [6.07, 6.45) is 0. The minimum Gasteiger partial charge on any atom is -0.310 e. The van der Waals surface area contributed by atoms with Crippen LogP contribution in [0.3, 0.4) is 0 Å². The van der Waals surface area contributed by atoms with Gasteiger partial charge in [0.1, 0.15) is 0 Å². The Morgan fingerprint density at radius 1 is 0.258 bits per heavy atom. The molecule has 0 bridgehead atoms. The molecular formula is C64H44N2. The van der Waals surface area contributed by atoms with Crippen LogP contribution in [-0.2, 0) is 0 Å². The third-order valence-electron chi connectivity index (χ3n) is 13.0. The largest absolute Gasteiger partial charge is 0.310 e. The van der Waals surface area contributed by atoms with Crippen molar-refractivity contribution in [1.82, 2.24) is 4.57 Å². The number of benzene rings is 11. The van der Waals surface area contributed by atoms with Gasteiger partial charge in [-0.25, -0.2) is 0 Å². The zero-order valence-electron chi connectivity index (χ0n) is 36.3. The summed E-state index contributed by atoms with van der Waals surface area (Å²) in [4.78, 5) is 2.44. The van der Waals surface area contributed by atoms with Crippen molar-refractivity contribution in [3.05, 3.63) is 267 Å². The van der Waals surface area contributed by atoms with Gasteiger partial charge < -0.3 is 9.47 Å². The predicted molar refractivity (Wildman–Crippen MR) is 280 cm³/mol. The van der Waals surface area contributed by atoms with E-state index in [0.29, 0.717) is 0 Å². The van der Waals surface area contributed by atoms with Gasteiger partial charge >= 0.3 is 0 Å². The lowest BCUT2D eigenvalue weighted by atomic mass is 9.87. The minimum atomic E-state index is 1.07. The Balaban J connectivity index is 1.06. The number of aromatic nitrogens is 1. The molecule has 0 atom stereocenters. The maximum absolute atomic E-state index is 2.44. The zero-order valence-corrected chi connectivity index (χ0v) is 36.3. The summed E-state index contributed by atoms with van der Waals surface area (Å²) in [6, 6.07) is 97.0. The quantitative estimate of drug-likeness (QED) is 0.141. The van der Waals surface area contributed by atoms with Crippen LogP contribution in [0.4, 0.5) is 17.1 Å². The highest BCUT2D eigenvalue weighted by Crippen LogP contribution is 2.47. The van der Waals surface area contributed by atoms with Crippen molar-refractivity contribution in [2.75, 3.05) is 4.90 Å². The van der Waals surface area contributed by atoms with Crippen LogP contribution in [0, 0.1) is 0 Å². The number of nitrogens with zero attached hydrogens (tertiary/aromatic N) is 2. The first-order valence-electron chi connectivity index (χ1n) is 22.7. The van der Waals surface area contributed by atoms with E-state index in [1.54, 1.807) is 0 Å². The van der Waals surface area contributed by atoms with Crippen LogP contribution < -0.4 is 4.90 Å². The van der Waals surface area contributed by atoms with E-state index in [2.05, 4.69) is 276 Å². The maximum Gasteiger partial charge on any atom is 0.0541 e. The number of rotatable bonds is 9. The van der Waals surface area contributed by atoms with Crippen LogP contribution in [0.5, 0.6) is 0 Å². The van der Waals surface area contributed by atoms with Crippen molar-refractivity contribution in [3.63, 3.8) is 0 Å². The molecule has 1 heterocycles. The highest BCUT2D eigenvalue weighted by atomic mass is 15.1. The van der Waals surface area contributed by atoms with Crippen molar-refractivity contribution >= 4 is 49.6 Å². The highest BCUT2D eigenvalue weighted by molar-refractivity contribution is 6.09. The Labute approximate surface area is 385 Å². The lowest BCUT2D eigenvalue weighted by molar-refractivity contribution is 1.17. The standard InChI is InChI=1S/C64H44N2/c1-3-19-45(20-4-1)48-37-42-55(46-21-5-2-6-22-46)61(44-48)57-29-10-9-28-56(57)58-30-11-14-34-62(58)65(52-26-17-25-49(43-52)54-33-18-24-47-23-7-8-27-53(47)54)50-38-40-51(41-39-50)66-63-35-15-12-31-59(63)60-32-13-16-36-64(60)66/h1-44H. The molecule has 0 saturated heterocycles. The SMILES string of the molecule is c1ccc(-c2ccc(-c3ccccc3)c(-c3ccccc3-c3ccccc3N(c3ccc(-n4c5ccccc5c5ccccc54)cc3)c3cccc(-c4cccc5ccccc45)c3)c2)cc1. The second-order valence-electron chi connectivity index (χ2n) is 16.9. The van der Waals surface area contributed by atoms with E-state index in [9.17, 15) is 0 Å². The lowest BCUT2D eigenvalue weighted by Crippen LogP contribution is -2.11. The fourth-order valence-corrected chi connectivity index (χ4v) is 9.96. The van der Waals surface area contributed by atoms with Crippen LogP contribution in [0.1, 0.15) is 0 Å². The molecular weight excluding hydrogens is 797 g/mol. The number of hydrogen-bond donors (Lipinski definition) is 0. The van der Waals surface area contributed by atoms with E-state index in [-0.39, 0.29) is 0 Å². The monoisotopic (exact) mass is 840 g/mol. The van der Waals surface area contributed by atoms with E-state index >= 15 is 0 Å². The van der Waals surface area contributed by atoms with Gasteiger partial charge in [0.2, 0.25) is 0 Å². The van der Waals surface area contributed by atoms with Crippen molar-refractivity contribution in [2.45, 2.75) is 0 Å². The second kappa shape index (κ2) is 16.8. The summed E-state index contributed by atoms with van der Waals surface area (Å²) in [5.41, 5.74) is 18.5. The molecule has 11 aromatic carbocycles. The number of para-hydroxylation sites is 3. The van der Waals surface area contributed by atoms with Crippen LogP contribution >= 0.6 is 0 Å². The van der Waals surface area contributed by atoms with Gasteiger partial charge in [-0.3, -0.25) is 0 Å². The Hall–Kier alpha value is -8.72. The molecule has 2 nitrogen and oxygen atoms in total. The summed E-state index contributed by atoms with van der Waals surface area (Å²) in [6.45, 7) is 0. The van der Waals surface area contributed by atoms with Crippen molar-refractivity contribution in [1.29, 1.82) is 0 Å². The van der Waals surface area contributed by atoms with E-state index in [1.807, 2.05) is 0 Å². The first-order valence-corrected chi connectivity index (χ1v) is 22.7. The van der Waals surface area contributed by atoms with Crippen molar-refractivity contribution in [3.8, 4) is 61.3 Å². The van der Waals surface area contributed by atoms with Gasteiger partial charge in [-0.05, 0) is 122 Å². The first kappa shape index (κ1) is 38.9. The van der Waals surface area contributed by atoms with Gasteiger partial charge in [0.15, 0.2) is 0 Å². The molecule has 0 aliphatic carbocycles. The first-order chi connectivity index (χ1) is 32.8. The maximum atomic E-state index is 2.44. The molecule has 0 unspecified atom stereocenters. The molecule has 2 heteroatoms. The molecule has 1 aromatic heterocycles. The zero-order chi connectivity index (χ0) is 43.8. The second-order valence-corrected chi connectivity index (χ2v) is 16.9. The van der Waals surface area contributed by atoms with Gasteiger partial charge in [0, 0.05) is 33.4 Å². The summed E-state index contributed by atoms with van der Waals surface area (Å²) >= 11 is 0. The van der Waals surface area contributed by atoms with Gasteiger partial charge in [-0.2, -0.15) is 0 Å². The van der Waals surface area contributed by atoms with E-state index in [4.69, 9.17) is 0 Å². The van der Waals surface area contributed by atoms with E-state index in [1.165, 1.54) is 77.1 Å². The Morgan fingerprint density at radius 2 is 0.788 bits per heavy atom. The van der Waals surface area contributed by atoms with E-state index in [0.717, 1.165) is 33.9 Å². The van der Waals surface area contributed by atoms with Crippen LogP contribution in [-0.4, -0.2) is 4.57 Å². The van der Waals surface area contributed by atoms with Gasteiger partial charge in [-0.1, -0.05) is 206 Å². The predicted octanol–water partition coefficient (Wildman–Crippen LogP) is 17.7. The molecule has 310 valence electrons. The Morgan fingerprint density at radius 3 is 1.52 bits per heavy atom. The molecule has 0 spiro atoms. The molecule has 12 rings (SSSR count). The average Bonchev–Trinajstić information content (AvgIpc) is 3.74. The Bertz CT molecular complexity index is 3640. The molecule has 0 saturated carbocycles. The lowest BCUT2D eigenvalue weighted by Gasteiger charge is -2.29. The smallest absolute Gasteiger partial charge is 0.0541 e. The van der Waals surface area contributed by atoms with Crippen molar-refractivity contribution < 1.29 is 0 Å². The number of hydrogen-bond acceptors (Lipinski definition) is 1. The summed E-state index contributed by atoms with van der Waals surface area (Å²) < 4.78 is 2.39. The fourth-order valence-electron chi connectivity index (χ4n) is 9.96. The normalized spacial score (nSPS) is 11.3. The van der Waals surface area contributed by atoms with Crippen LogP contribution in [0.15, 0.2) is 267 Å². The van der Waals surface area contributed by atoms with Crippen LogP contribution in [0.2, 0.25) is 0 Å². The molecule has 0 aliphatic heterocycles. The molecule has 0 radical (unpaired) electrons. The van der Waals surface area contributed by atoms with E-state index < -0.39 is 0 Å². The third-order valence-corrected chi connectivity index (χ3v) is 13.0. The minimum absolute atomic E-state index is 1.07. The van der Waals surface area contributed by atoms with Gasteiger partial charge in [0.25, 0.3) is 0 Å². The molecule has 0 aliphatic rings. The van der Waals surface area contributed by atoms with Crippen LogP contribution in [0.25, 0.3) is 93.9 Å². The molecule has 0 N–H and O–H groups in total. The molecule has 66 heavy (non-hydrogen) atoms. The third kappa shape index (κ3) is 6.93. The molecule has 12 aromatic rings. The van der Waals surface area contributed by atoms with Crippen molar-refractivity contribution in [2.24, 2.45) is 0 Å². The molecule has 0 fully saturated rings. The summed E-state index contributed by atoms with van der Waals surface area (Å²) in [5.74, 6) is 0. The van der Waals surface area contributed by atoms with Gasteiger partial charge in [-0.15, -0.1) is 0 Å². The summed E-state index contributed by atoms with van der Waals surface area (Å²) in [5, 5.41) is 4.97. The van der Waals surface area contributed by atoms with Gasteiger partial charge in [0.05, 0.1) is 16.7 Å². The highest BCUT2D eigenvalue weighted by Gasteiger charge is 2.22. The topological polar surface area (TPSA) is 8.17 Å². The fraction of sp³-hybridized carbons (Fsp3) is 0. The average molecular weight is 841 g/mol. The summed E-state index contributed by atoms with van der Waals surface area (Å²) in [7, 11) is 0. The Kier molecular flexibility index (Phi) is 9.89.